The van der Waals surface area contributed by atoms with E-state index in [0.717, 1.165) is 0 Å². The van der Waals surface area contributed by atoms with Gasteiger partial charge in [-0.05, 0) is 12.8 Å². The molecule has 7 heteroatoms. The summed E-state index contributed by atoms with van der Waals surface area (Å²) in [5, 5.41) is 10.4. The van der Waals surface area contributed by atoms with Gasteiger partial charge >= 0.3 is 0 Å². The van der Waals surface area contributed by atoms with E-state index in [-0.39, 0.29) is 12.8 Å². The van der Waals surface area contributed by atoms with Crippen LogP contribution in [0.15, 0.2) is 0 Å². The second-order valence-electron chi connectivity index (χ2n) is 5.34. The number of hydrogen-bond donors (Lipinski definition) is 1. The number of ether oxygens (including phenoxy) is 1. The molecule has 3 rings (SSSR count). The molecule has 2 saturated heterocycles. The summed E-state index contributed by atoms with van der Waals surface area (Å²) in [6, 6.07) is 0. The fourth-order valence-electron chi connectivity index (χ4n) is 3.13. The molecule has 0 amide bonds. The van der Waals surface area contributed by atoms with Crippen LogP contribution in [0.25, 0.3) is 0 Å². The number of fused-ring (bicyclic) bond motifs is 2. The molecule has 20 heavy (non-hydrogen) atoms. The normalized spacial score (nSPS) is 32.7. The summed E-state index contributed by atoms with van der Waals surface area (Å²) in [5.41, 5.74) is -3.23. The highest BCUT2D eigenvalue weighted by molar-refractivity contribution is 5.30. The van der Waals surface area contributed by atoms with Crippen molar-refractivity contribution < 1.29 is 31.8 Å². The molecule has 2 fully saturated rings. The highest BCUT2D eigenvalue weighted by atomic mass is 19.2. The van der Waals surface area contributed by atoms with Crippen molar-refractivity contribution in [3.05, 3.63) is 34.6 Å². The monoisotopic (exact) mass is 294 g/mol. The van der Waals surface area contributed by atoms with Crippen LogP contribution in [0, 0.1) is 29.1 Å². The standard InChI is InChI=1S/C13H11F5O2/c14-8-7(9(15)11(17)12(18)10(8)16)13(19)3-5-1-2-6(4-13)20-5/h5-6,19H,1-4H2. The van der Waals surface area contributed by atoms with Crippen LogP contribution in [0.5, 0.6) is 0 Å². The van der Waals surface area contributed by atoms with Crippen molar-refractivity contribution >= 4 is 0 Å². The van der Waals surface area contributed by atoms with Crippen molar-refractivity contribution in [2.45, 2.75) is 43.5 Å². The van der Waals surface area contributed by atoms with Gasteiger partial charge in [-0.25, -0.2) is 22.0 Å². The minimum atomic E-state index is -2.22. The van der Waals surface area contributed by atoms with Gasteiger partial charge in [0.2, 0.25) is 5.82 Å². The first-order chi connectivity index (χ1) is 9.33. The third-order valence-electron chi connectivity index (χ3n) is 4.00. The molecule has 2 unspecified atom stereocenters. The van der Waals surface area contributed by atoms with Gasteiger partial charge in [-0.1, -0.05) is 0 Å². The van der Waals surface area contributed by atoms with E-state index in [2.05, 4.69) is 0 Å². The Morgan fingerprint density at radius 3 is 1.65 bits per heavy atom. The maximum absolute atomic E-state index is 13.8. The van der Waals surface area contributed by atoms with Gasteiger partial charge in [0.15, 0.2) is 23.3 Å². The maximum atomic E-state index is 13.8. The van der Waals surface area contributed by atoms with E-state index in [0.29, 0.717) is 12.8 Å². The van der Waals surface area contributed by atoms with Crippen molar-refractivity contribution in [3.8, 4) is 0 Å². The Hall–Kier alpha value is -1.21. The maximum Gasteiger partial charge on any atom is 0.200 e. The van der Waals surface area contributed by atoms with Crippen molar-refractivity contribution in [1.82, 2.24) is 0 Å². The van der Waals surface area contributed by atoms with Crippen molar-refractivity contribution in [2.24, 2.45) is 0 Å². The molecular weight excluding hydrogens is 283 g/mol. The van der Waals surface area contributed by atoms with Crippen LogP contribution in [-0.4, -0.2) is 17.3 Å². The molecule has 0 radical (unpaired) electrons. The summed E-state index contributed by atoms with van der Waals surface area (Å²) in [7, 11) is 0. The fourth-order valence-corrected chi connectivity index (χ4v) is 3.13. The van der Waals surface area contributed by atoms with E-state index in [4.69, 9.17) is 4.74 Å². The van der Waals surface area contributed by atoms with Gasteiger partial charge in [0.1, 0.15) is 5.60 Å². The van der Waals surface area contributed by atoms with Gasteiger partial charge in [0.25, 0.3) is 0 Å². The Morgan fingerprint density at radius 1 is 0.800 bits per heavy atom. The van der Waals surface area contributed by atoms with Gasteiger partial charge in [0, 0.05) is 12.8 Å². The summed E-state index contributed by atoms with van der Waals surface area (Å²) in [6.07, 6.45) is -0.00323. The van der Waals surface area contributed by atoms with E-state index in [1.165, 1.54) is 0 Å². The summed E-state index contributed by atoms with van der Waals surface area (Å²) in [5.74, 6) is -10.2. The number of rotatable bonds is 1. The molecule has 1 aromatic carbocycles. The topological polar surface area (TPSA) is 29.5 Å². The van der Waals surface area contributed by atoms with Gasteiger partial charge in [-0.2, -0.15) is 0 Å². The smallest absolute Gasteiger partial charge is 0.200 e. The molecule has 2 atom stereocenters. The molecule has 0 saturated carbocycles. The summed E-state index contributed by atoms with van der Waals surface area (Å²) >= 11 is 0. The van der Waals surface area contributed by atoms with Crippen molar-refractivity contribution in [2.75, 3.05) is 0 Å². The molecule has 0 aliphatic carbocycles. The number of aliphatic hydroxyl groups is 1. The minimum Gasteiger partial charge on any atom is -0.385 e. The lowest BCUT2D eigenvalue weighted by Gasteiger charge is -2.37. The zero-order valence-corrected chi connectivity index (χ0v) is 10.2. The summed E-state index contributed by atoms with van der Waals surface area (Å²) in [6.45, 7) is 0. The zero-order chi connectivity index (χ0) is 14.7. The van der Waals surface area contributed by atoms with Gasteiger partial charge in [0.05, 0.1) is 17.8 Å². The second-order valence-corrected chi connectivity index (χ2v) is 5.34. The first-order valence-corrected chi connectivity index (χ1v) is 6.23. The molecule has 0 aromatic heterocycles. The average molecular weight is 294 g/mol. The van der Waals surface area contributed by atoms with Crippen LogP contribution in [0.4, 0.5) is 22.0 Å². The lowest BCUT2D eigenvalue weighted by molar-refractivity contribution is -0.118. The Balaban J connectivity index is 2.15. The van der Waals surface area contributed by atoms with Crippen LogP contribution in [0.3, 0.4) is 0 Å². The molecule has 2 heterocycles. The predicted octanol–water partition coefficient (Wildman–Crippen LogP) is 2.91. The molecule has 2 aliphatic heterocycles. The van der Waals surface area contributed by atoms with Crippen LogP contribution in [-0.2, 0) is 10.3 Å². The number of benzene rings is 1. The van der Waals surface area contributed by atoms with E-state index < -0.39 is 52.5 Å². The zero-order valence-electron chi connectivity index (χ0n) is 10.2. The van der Waals surface area contributed by atoms with Gasteiger partial charge in [-0.3, -0.25) is 0 Å². The Morgan fingerprint density at radius 2 is 1.20 bits per heavy atom. The average Bonchev–Trinajstić information content (AvgIpc) is 2.74. The summed E-state index contributed by atoms with van der Waals surface area (Å²) < 4.78 is 72.5. The second kappa shape index (κ2) is 4.39. The Kier molecular flexibility index (Phi) is 3.02. The van der Waals surface area contributed by atoms with Crippen molar-refractivity contribution in [1.29, 1.82) is 0 Å². The predicted molar refractivity (Wildman–Crippen MR) is 57.3 cm³/mol. The lowest BCUT2D eigenvalue weighted by atomic mass is 9.82. The molecule has 1 N–H and O–H groups in total. The third-order valence-corrected chi connectivity index (χ3v) is 4.00. The molecule has 2 nitrogen and oxygen atoms in total. The molecule has 110 valence electrons. The van der Waals surface area contributed by atoms with Crippen LogP contribution >= 0.6 is 0 Å². The fraction of sp³-hybridized carbons (Fsp3) is 0.538. The van der Waals surface area contributed by atoms with E-state index in [9.17, 15) is 27.1 Å². The van der Waals surface area contributed by atoms with Crippen molar-refractivity contribution in [3.63, 3.8) is 0 Å². The first kappa shape index (κ1) is 13.8. The van der Waals surface area contributed by atoms with Gasteiger partial charge < -0.3 is 9.84 Å². The number of halogens is 5. The lowest BCUT2D eigenvalue weighted by Crippen LogP contribution is -2.40. The highest BCUT2D eigenvalue weighted by Crippen LogP contribution is 2.46. The highest BCUT2D eigenvalue weighted by Gasteiger charge is 2.48. The molecule has 2 bridgehead atoms. The van der Waals surface area contributed by atoms with E-state index in [1.54, 1.807) is 0 Å². The molecule has 1 aromatic rings. The molecular formula is C13H11F5O2. The molecule has 0 spiro atoms. The van der Waals surface area contributed by atoms with Crippen LogP contribution < -0.4 is 0 Å². The summed E-state index contributed by atoms with van der Waals surface area (Å²) in [4.78, 5) is 0. The Bertz CT molecular complexity index is 533. The van der Waals surface area contributed by atoms with E-state index >= 15 is 0 Å². The number of hydrogen-bond acceptors (Lipinski definition) is 2. The minimum absolute atomic E-state index is 0.179. The first-order valence-electron chi connectivity index (χ1n) is 6.23. The SMILES string of the molecule is OC1(c2c(F)c(F)c(F)c(F)c2F)CC2CCC(C1)O2. The van der Waals surface area contributed by atoms with Crippen LogP contribution in [0.2, 0.25) is 0 Å². The third kappa shape index (κ3) is 1.83. The van der Waals surface area contributed by atoms with Crippen LogP contribution in [0.1, 0.15) is 31.2 Å². The molecule has 2 aliphatic rings. The quantitative estimate of drug-likeness (QED) is 0.490. The van der Waals surface area contributed by atoms with E-state index in [1.807, 2.05) is 0 Å². The van der Waals surface area contributed by atoms with Gasteiger partial charge in [-0.15, -0.1) is 0 Å². The largest absolute Gasteiger partial charge is 0.385 e. The Labute approximate surface area is 111 Å².